The van der Waals surface area contributed by atoms with Crippen molar-refractivity contribution in [1.29, 1.82) is 0 Å². The molecule has 2 aromatic rings. The van der Waals surface area contributed by atoms with Crippen LogP contribution in [0.4, 0.5) is 5.82 Å². The van der Waals surface area contributed by atoms with E-state index in [0.717, 1.165) is 29.6 Å². The summed E-state index contributed by atoms with van der Waals surface area (Å²) in [6, 6.07) is 0. The van der Waals surface area contributed by atoms with Crippen molar-refractivity contribution in [3.05, 3.63) is 16.3 Å². The van der Waals surface area contributed by atoms with Gasteiger partial charge in [-0.1, -0.05) is 0 Å². The number of aromatic nitrogens is 2. The molecule has 0 bridgehead atoms. The van der Waals surface area contributed by atoms with Crippen LogP contribution in [0, 0.1) is 20.8 Å². The van der Waals surface area contributed by atoms with Crippen LogP contribution in [0.3, 0.4) is 0 Å². The third kappa shape index (κ3) is 2.33. The average Bonchev–Trinajstić information content (AvgIpc) is 2.61. The van der Waals surface area contributed by atoms with E-state index in [1.54, 1.807) is 11.3 Å². The Balaban J connectivity index is 2.54. The highest BCUT2D eigenvalue weighted by molar-refractivity contribution is 7.18. The van der Waals surface area contributed by atoms with Gasteiger partial charge in [-0.3, -0.25) is 0 Å². The molecule has 0 radical (unpaired) electrons. The van der Waals surface area contributed by atoms with Crippen LogP contribution in [0.15, 0.2) is 0 Å². The molecule has 0 atom stereocenters. The SMILES string of the molecule is CNCCN(C)c1nc(C)nc2sc(C)c(C)c12. The van der Waals surface area contributed by atoms with Crippen LogP contribution in [0.2, 0.25) is 0 Å². The van der Waals surface area contributed by atoms with Gasteiger partial charge < -0.3 is 10.2 Å². The van der Waals surface area contributed by atoms with E-state index in [0.29, 0.717) is 0 Å². The zero-order valence-corrected chi connectivity index (χ0v) is 12.5. The number of rotatable bonds is 4. The van der Waals surface area contributed by atoms with E-state index >= 15 is 0 Å². The number of anilines is 1. The van der Waals surface area contributed by atoms with Gasteiger partial charge in [0.15, 0.2) is 0 Å². The van der Waals surface area contributed by atoms with Crippen LogP contribution in [-0.4, -0.2) is 37.2 Å². The molecular weight excluding hydrogens is 244 g/mol. The Bertz CT molecular complexity index is 562. The molecule has 98 valence electrons. The Morgan fingerprint density at radius 1 is 1.22 bits per heavy atom. The van der Waals surface area contributed by atoms with E-state index in [2.05, 4.69) is 41.1 Å². The number of fused-ring (bicyclic) bond motifs is 1. The molecular formula is C13H20N4S. The summed E-state index contributed by atoms with van der Waals surface area (Å²) in [4.78, 5) is 13.8. The van der Waals surface area contributed by atoms with E-state index in [4.69, 9.17) is 0 Å². The van der Waals surface area contributed by atoms with Crippen LogP contribution in [0.5, 0.6) is 0 Å². The first-order valence-corrected chi connectivity index (χ1v) is 6.96. The minimum Gasteiger partial charge on any atom is -0.358 e. The zero-order valence-electron chi connectivity index (χ0n) is 11.7. The van der Waals surface area contributed by atoms with E-state index in [1.807, 2.05) is 14.0 Å². The van der Waals surface area contributed by atoms with Crippen molar-refractivity contribution >= 4 is 27.4 Å². The van der Waals surface area contributed by atoms with Crippen LogP contribution in [0.25, 0.3) is 10.2 Å². The second-order valence-corrected chi connectivity index (χ2v) is 5.79. The second kappa shape index (κ2) is 5.20. The predicted octanol–water partition coefficient (Wildman–Crippen LogP) is 2.27. The first-order chi connectivity index (χ1) is 8.54. The summed E-state index contributed by atoms with van der Waals surface area (Å²) in [7, 11) is 4.06. The minimum atomic E-state index is 0.843. The predicted molar refractivity (Wildman–Crippen MR) is 78.8 cm³/mol. The molecule has 0 aliphatic carbocycles. The molecule has 4 nitrogen and oxygen atoms in total. The summed E-state index contributed by atoms with van der Waals surface area (Å²) in [5, 5.41) is 4.38. The van der Waals surface area contributed by atoms with Crippen LogP contribution in [0.1, 0.15) is 16.3 Å². The third-order valence-electron chi connectivity index (χ3n) is 3.18. The molecule has 18 heavy (non-hydrogen) atoms. The number of nitrogens with zero attached hydrogens (tertiary/aromatic N) is 3. The summed E-state index contributed by atoms with van der Waals surface area (Å²) in [5.74, 6) is 1.89. The highest BCUT2D eigenvalue weighted by Gasteiger charge is 2.15. The normalized spacial score (nSPS) is 11.2. The molecule has 0 saturated carbocycles. The Kier molecular flexibility index (Phi) is 3.82. The Hall–Kier alpha value is -1.20. The molecule has 0 amide bonds. The fourth-order valence-corrected chi connectivity index (χ4v) is 3.06. The molecule has 0 spiro atoms. The third-order valence-corrected chi connectivity index (χ3v) is 4.28. The van der Waals surface area contributed by atoms with Crippen molar-refractivity contribution < 1.29 is 0 Å². The number of hydrogen-bond donors (Lipinski definition) is 1. The lowest BCUT2D eigenvalue weighted by molar-refractivity contribution is 0.761. The number of likely N-dealkylation sites (N-methyl/N-ethyl adjacent to an activating group) is 2. The van der Waals surface area contributed by atoms with Gasteiger partial charge in [0.25, 0.3) is 0 Å². The maximum Gasteiger partial charge on any atom is 0.141 e. The van der Waals surface area contributed by atoms with Crippen LogP contribution in [-0.2, 0) is 0 Å². The number of nitrogens with one attached hydrogen (secondary N) is 1. The van der Waals surface area contributed by atoms with Crippen molar-refractivity contribution in [1.82, 2.24) is 15.3 Å². The zero-order chi connectivity index (χ0) is 13.3. The average molecular weight is 264 g/mol. The van der Waals surface area contributed by atoms with Crippen LogP contribution < -0.4 is 10.2 Å². The first kappa shape index (κ1) is 13.2. The van der Waals surface area contributed by atoms with Gasteiger partial charge in [-0.15, -0.1) is 11.3 Å². The lowest BCUT2D eigenvalue weighted by Crippen LogP contribution is -2.28. The van der Waals surface area contributed by atoms with Gasteiger partial charge in [0.05, 0.1) is 5.39 Å². The molecule has 2 heterocycles. The van der Waals surface area contributed by atoms with Gasteiger partial charge >= 0.3 is 0 Å². The second-order valence-electron chi connectivity index (χ2n) is 4.58. The van der Waals surface area contributed by atoms with E-state index in [1.165, 1.54) is 15.8 Å². The van der Waals surface area contributed by atoms with Gasteiger partial charge in [-0.2, -0.15) is 0 Å². The van der Waals surface area contributed by atoms with E-state index in [9.17, 15) is 0 Å². The Morgan fingerprint density at radius 2 is 1.94 bits per heavy atom. The fourth-order valence-electron chi connectivity index (χ4n) is 1.99. The summed E-state index contributed by atoms with van der Waals surface area (Å²) >= 11 is 1.75. The standard InChI is InChI=1S/C13H20N4S/c1-8-9(2)18-13-11(8)12(15-10(3)16-13)17(5)7-6-14-4/h14H,6-7H2,1-5H3. The molecule has 2 aromatic heterocycles. The molecule has 1 N–H and O–H groups in total. The highest BCUT2D eigenvalue weighted by Crippen LogP contribution is 2.34. The summed E-state index contributed by atoms with van der Waals surface area (Å²) in [6.07, 6.45) is 0. The molecule has 0 saturated heterocycles. The van der Waals surface area contributed by atoms with Crippen molar-refractivity contribution in [3.63, 3.8) is 0 Å². The highest BCUT2D eigenvalue weighted by atomic mass is 32.1. The summed E-state index contributed by atoms with van der Waals surface area (Å²) in [5.41, 5.74) is 1.31. The lowest BCUT2D eigenvalue weighted by atomic mass is 10.2. The van der Waals surface area contributed by atoms with E-state index in [-0.39, 0.29) is 0 Å². The quantitative estimate of drug-likeness (QED) is 0.920. The van der Waals surface area contributed by atoms with Crippen LogP contribution >= 0.6 is 11.3 Å². The van der Waals surface area contributed by atoms with Crippen molar-refractivity contribution in [2.24, 2.45) is 0 Å². The topological polar surface area (TPSA) is 41.0 Å². The van der Waals surface area contributed by atoms with Gasteiger partial charge in [0.2, 0.25) is 0 Å². The molecule has 0 aliphatic rings. The smallest absolute Gasteiger partial charge is 0.141 e. The minimum absolute atomic E-state index is 0.843. The lowest BCUT2D eigenvalue weighted by Gasteiger charge is -2.19. The van der Waals surface area contributed by atoms with Gasteiger partial charge in [0.1, 0.15) is 16.5 Å². The van der Waals surface area contributed by atoms with E-state index < -0.39 is 0 Å². The molecule has 0 fully saturated rings. The molecule has 2 rings (SSSR count). The largest absolute Gasteiger partial charge is 0.358 e. The monoisotopic (exact) mass is 264 g/mol. The fraction of sp³-hybridized carbons (Fsp3) is 0.538. The maximum absolute atomic E-state index is 4.62. The Labute approximate surface area is 112 Å². The summed E-state index contributed by atoms with van der Waals surface area (Å²) < 4.78 is 0. The van der Waals surface area contributed by atoms with Gasteiger partial charge in [-0.25, -0.2) is 9.97 Å². The molecule has 0 unspecified atom stereocenters. The number of aryl methyl sites for hydroxylation is 3. The van der Waals surface area contributed by atoms with Crippen molar-refractivity contribution in [3.8, 4) is 0 Å². The maximum atomic E-state index is 4.62. The molecule has 0 aliphatic heterocycles. The van der Waals surface area contributed by atoms with Crippen molar-refractivity contribution in [2.45, 2.75) is 20.8 Å². The van der Waals surface area contributed by atoms with Gasteiger partial charge in [0, 0.05) is 25.0 Å². The molecule has 0 aromatic carbocycles. The Morgan fingerprint density at radius 3 is 2.61 bits per heavy atom. The number of thiophene rings is 1. The van der Waals surface area contributed by atoms with Gasteiger partial charge in [-0.05, 0) is 33.4 Å². The summed E-state index contributed by atoms with van der Waals surface area (Å²) in [6.45, 7) is 8.15. The van der Waals surface area contributed by atoms with Crippen molar-refractivity contribution in [2.75, 3.05) is 32.1 Å². The first-order valence-electron chi connectivity index (χ1n) is 6.14. The number of hydrogen-bond acceptors (Lipinski definition) is 5. The molecule has 5 heteroatoms.